The quantitative estimate of drug-likeness (QED) is 0.223. The monoisotopic (exact) mass is 548 g/mol. The first kappa shape index (κ1) is 26.1. The van der Waals surface area contributed by atoms with Crippen molar-refractivity contribution in [3.05, 3.63) is 89.0 Å². The van der Waals surface area contributed by atoms with Crippen LogP contribution in [0.2, 0.25) is 0 Å². The number of hydrogen-bond acceptors (Lipinski definition) is 6. The fourth-order valence-electron chi connectivity index (χ4n) is 4.85. The van der Waals surface area contributed by atoms with E-state index in [1.807, 2.05) is 92.4 Å². The number of benzene rings is 3. The Morgan fingerprint density at radius 3 is 2.42 bits per heavy atom. The maximum Gasteiger partial charge on any atom is 0.339 e. The predicted octanol–water partition coefficient (Wildman–Crippen LogP) is 7.07. The summed E-state index contributed by atoms with van der Waals surface area (Å²) < 4.78 is 17.9. The van der Waals surface area contributed by atoms with Crippen molar-refractivity contribution < 1.29 is 18.3 Å². The highest BCUT2D eigenvalue weighted by Crippen LogP contribution is 2.48. The molecule has 3 aromatic carbocycles. The number of carbonyl (C=O) groups excluding carboxylic acids is 2. The van der Waals surface area contributed by atoms with Crippen LogP contribution in [0, 0.1) is 0 Å². The van der Waals surface area contributed by atoms with Gasteiger partial charge in [-0.25, -0.2) is 4.79 Å². The summed E-state index contributed by atoms with van der Waals surface area (Å²) in [5.41, 5.74) is 6.79. The Morgan fingerprint density at radius 1 is 1.03 bits per heavy atom. The minimum absolute atomic E-state index is 0.00931. The van der Waals surface area contributed by atoms with Gasteiger partial charge >= 0.3 is 5.97 Å². The molecule has 38 heavy (non-hydrogen) atoms. The van der Waals surface area contributed by atoms with E-state index in [9.17, 15) is 13.8 Å². The van der Waals surface area contributed by atoms with Gasteiger partial charge in [-0.15, -0.1) is 0 Å². The first-order chi connectivity index (χ1) is 18.4. The van der Waals surface area contributed by atoms with Crippen LogP contribution in [0.15, 0.2) is 82.5 Å². The number of hydrogen-bond donors (Lipinski definition) is 0. The van der Waals surface area contributed by atoms with E-state index < -0.39 is 14.1 Å². The fraction of sp³-hybridized carbons (Fsp3) is 0.214. The molecular weight excluding hydrogens is 521 g/mol. The van der Waals surface area contributed by atoms with Crippen LogP contribution in [-0.2, 0) is 27.0 Å². The third-order valence-electron chi connectivity index (χ3n) is 6.71. The number of likely N-dealkylation sites (N-methyl/N-ethyl adjacent to an activating group) is 1. The van der Waals surface area contributed by atoms with Crippen molar-refractivity contribution in [2.45, 2.75) is 19.8 Å². The van der Waals surface area contributed by atoms with Crippen molar-refractivity contribution in [3.8, 4) is 0 Å². The Balaban J connectivity index is 1.25. The molecule has 7 nitrogen and oxygen atoms in total. The molecule has 0 saturated carbocycles. The van der Waals surface area contributed by atoms with Gasteiger partial charge in [0.2, 0.25) is 5.91 Å². The van der Waals surface area contributed by atoms with Gasteiger partial charge in [-0.2, -0.15) is 14.4 Å². The van der Waals surface area contributed by atoms with Crippen LogP contribution in [0.4, 0.5) is 26.9 Å². The highest BCUT2D eigenvalue weighted by Gasteiger charge is 2.31. The number of azo groups is 1. The zero-order chi connectivity index (χ0) is 26.6. The van der Waals surface area contributed by atoms with Gasteiger partial charge in [-0.3, -0.25) is 4.79 Å². The average Bonchev–Trinajstić information content (AvgIpc) is 3.56. The normalized spacial score (nSPS) is 14.7. The molecule has 0 fully saturated rings. The van der Waals surface area contributed by atoms with Crippen LogP contribution >= 0.6 is 17.1 Å². The molecule has 1 heterocycles. The lowest BCUT2D eigenvalue weighted by molar-refractivity contribution is -0.129. The van der Waals surface area contributed by atoms with Gasteiger partial charge in [0.25, 0.3) is 8.15 Å². The van der Waals surface area contributed by atoms with Crippen molar-refractivity contribution in [3.63, 3.8) is 0 Å². The molecule has 0 aromatic heterocycles. The van der Waals surface area contributed by atoms with Crippen LogP contribution in [0.1, 0.15) is 23.6 Å². The molecule has 3 aromatic rings. The molecule has 0 bridgehead atoms. The van der Waals surface area contributed by atoms with Crippen LogP contribution < -0.4 is 9.80 Å². The van der Waals surface area contributed by atoms with Crippen LogP contribution in [-0.4, -0.2) is 31.5 Å². The van der Waals surface area contributed by atoms with E-state index in [0.29, 0.717) is 31.5 Å². The molecule has 194 valence electrons. The second-order valence-corrected chi connectivity index (χ2v) is 10.9. The van der Waals surface area contributed by atoms with Gasteiger partial charge in [0.15, 0.2) is 0 Å². The summed E-state index contributed by atoms with van der Waals surface area (Å²) in [6.45, 7) is 3.51. The third kappa shape index (κ3) is 5.67. The molecule has 0 spiro atoms. The zero-order valence-electron chi connectivity index (χ0n) is 20.9. The minimum Gasteiger partial charge on any atom is -0.406 e. The largest absolute Gasteiger partial charge is 0.406 e. The summed E-state index contributed by atoms with van der Waals surface area (Å²) in [6.07, 6.45) is 2.86. The molecular formula is C28H27FN4O3P2. The molecule has 1 amide bonds. The molecule has 10 heteroatoms. The topological polar surface area (TPSA) is 74.6 Å². The highest BCUT2D eigenvalue weighted by molar-refractivity contribution is 8.08. The van der Waals surface area contributed by atoms with Crippen molar-refractivity contribution in [2.75, 3.05) is 29.4 Å². The Bertz CT molecular complexity index is 1410. The summed E-state index contributed by atoms with van der Waals surface area (Å²) >= 11 is 0. The van der Waals surface area contributed by atoms with E-state index in [0.717, 1.165) is 39.4 Å². The summed E-state index contributed by atoms with van der Waals surface area (Å²) in [5, 5.41) is 8.54. The second-order valence-electron chi connectivity index (χ2n) is 8.99. The van der Waals surface area contributed by atoms with Gasteiger partial charge in [0.05, 0.1) is 17.9 Å². The van der Waals surface area contributed by atoms with Gasteiger partial charge < -0.3 is 14.3 Å². The number of amides is 1. The summed E-state index contributed by atoms with van der Waals surface area (Å²) in [4.78, 5) is 29.4. The van der Waals surface area contributed by atoms with E-state index in [-0.39, 0.29) is 12.5 Å². The van der Waals surface area contributed by atoms with Crippen molar-refractivity contribution >= 4 is 57.8 Å². The highest BCUT2D eigenvalue weighted by atomic mass is 32.0. The van der Waals surface area contributed by atoms with E-state index in [2.05, 4.69) is 10.2 Å². The second kappa shape index (κ2) is 11.5. The molecule has 2 aliphatic rings. The maximum absolute atomic E-state index is 13.4. The van der Waals surface area contributed by atoms with Crippen LogP contribution in [0.25, 0.3) is 6.08 Å². The minimum atomic E-state index is -2.34. The molecule has 1 aliphatic carbocycles. The van der Waals surface area contributed by atoms with Gasteiger partial charge in [0, 0.05) is 36.5 Å². The fourth-order valence-corrected chi connectivity index (χ4v) is 5.41. The summed E-state index contributed by atoms with van der Waals surface area (Å²) in [7, 11) is -0.458. The average molecular weight is 548 g/mol. The van der Waals surface area contributed by atoms with E-state index in [1.165, 1.54) is 0 Å². The van der Waals surface area contributed by atoms with Crippen molar-refractivity contribution in [1.82, 2.24) is 0 Å². The molecule has 1 aliphatic heterocycles. The van der Waals surface area contributed by atoms with Gasteiger partial charge in [0.1, 0.15) is 0 Å². The molecule has 2 atom stereocenters. The van der Waals surface area contributed by atoms with Gasteiger partial charge in [-0.1, -0.05) is 24.3 Å². The summed E-state index contributed by atoms with van der Waals surface area (Å²) in [5.74, 6) is -0.620. The first-order valence-electron chi connectivity index (χ1n) is 12.3. The molecule has 5 rings (SSSR count). The predicted molar refractivity (Wildman–Crippen MR) is 153 cm³/mol. The van der Waals surface area contributed by atoms with Crippen LogP contribution in [0.3, 0.4) is 0 Å². The molecule has 0 saturated heterocycles. The van der Waals surface area contributed by atoms with E-state index in [1.54, 1.807) is 6.08 Å². The lowest BCUT2D eigenvalue weighted by Crippen LogP contribution is -2.39. The lowest BCUT2D eigenvalue weighted by atomic mass is 10.00. The van der Waals surface area contributed by atoms with E-state index >= 15 is 0 Å². The third-order valence-corrected chi connectivity index (χ3v) is 7.37. The SMILES string of the molecule is CCN(CC(=O)N1CCc2c1ccc1c2CC(C(=O)OP(F)P)=C1)c1ccc(N=Nc2ccccc2)cc1. The molecule has 2 unspecified atom stereocenters. The van der Waals surface area contributed by atoms with Crippen molar-refractivity contribution in [2.24, 2.45) is 10.2 Å². The first-order valence-corrected chi connectivity index (χ1v) is 15.1. The molecule has 0 N–H and O–H groups in total. The smallest absolute Gasteiger partial charge is 0.339 e. The number of halogens is 1. The maximum atomic E-state index is 13.4. The molecule has 0 radical (unpaired) electrons. The Hall–Kier alpha value is -3.47. The van der Waals surface area contributed by atoms with Crippen molar-refractivity contribution in [1.29, 1.82) is 0 Å². The van der Waals surface area contributed by atoms with Gasteiger partial charge in [-0.05, 0) is 87.5 Å². The van der Waals surface area contributed by atoms with Crippen LogP contribution in [0.5, 0.6) is 0 Å². The summed E-state index contributed by atoms with van der Waals surface area (Å²) in [6, 6.07) is 21.1. The Morgan fingerprint density at radius 2 is 1.74 bits per heavy atom. The number of fused-ring (bicyclic) bond motifs is 3. The lowest BCUT2D eigenvalue weighted by Gasteiger charge is -2.26. The number of nitrogens with zero attached hydrogens (tertiary/aromatic N) is 4. The number of rotatable bonds is 8. The number of carbonyl (C=O) groups is 2. The zero-order valence-corrected chi connectivity index (χ0v) is 22.9. The standard InChI is InChI=1S/C28H27FN4O3P2/c1-2-32(23-11-9-22(10-12-23)31-30-21-6-4-3-5-7-21)18-27(34)33-15-14-24-25-17-20(28(35)36-38(29)37)16-19(25)8-13-26(24)33/h3-13,16H,2,14-15,17-18,37H2,1H3. The number of anilines is 2. The Kier molecular flexibility index (Phi) is 7.92. The Labute approximate surface area is 224 Å². The van der Waals surface area contributed by atoms with E-state index in [4.69, 9.17) is 4.52 Å².